The summed E-state index contributed by atoms with van der Waals surface area (Å²) in [6, 6.07) is 0. The van der Waals surface area contributed by atoms with Crippen molar-refractivity contribution in [3.63, 3.8) is 0 Å². The number of hydrogen-bond acceptors (Lipinski definition) is 2. The molecule has 12 heavy (non-hydrogen) atoms. The molecular formula is C8H17NO2S. The highest BCUT2D eigenvalue weighted by molar-refractivity contribution is 7.84. The van der Waals surface area contributed by atoms with Gasteiger partial charge in [-0.2, -0.15) is 0 Å². The first-order chi connectivity index (χ1) is 5.57. The van der Waals surface area contributed by atoms with Crippen molar-refractivity contribution >= 4 is 16.7 Å². The molecule has 1 N–H and O–H groups in total. The minimum absolute atomic E-state index is 0.0139. The van der Waals surface area contributed by atoms with Crippen molar-refractivity contribution in [3.8, 4) is 0 Å². The van der Waals surface area contributed by atoms with E-state index in [-0.39, 0.29) is 11.8 Å². The van der Waals surface area contributed by atoms with Crippen molar-refractivity contribution in [1.29, 1.82) is 0 Å². The smallest absolute Gasteiger partial charge is 0.222 e. The predicted octanol–water partition coefficient (Wildman–Crippen LogP) is 0.527. The number of carbonyl (C=O) groups excluding carboxylic acids is 1. The first-order valence-electron chi connectivity index (χ1n) is 4.20. The second-order valence-electron chi connectivity index (χ2n) is 2.88. The first-order valence-corrected chi connectivity index (χ1v) is 5.69. The maximum atomic E-state index is 11.0. The lowest BCUT2D eigenvalue weighted by Gasteiger charge is -2.06. The van der Waals surface area contributed by atoms with Gasteiger partial charge in [-0.25, -0.2) is 0 Å². The van der Waals surface area contributed by atoms with Crippen LogP contribution < -0.4 is 5.32 Å². The molecule has 0 aromatic carbocycles. The summed E-state index contributed by atoms with van der Waals surface area (Å²) in [6.07, 6.45) is 0. The second kappa shape index (κ2) is 6.17. The van der Waals surface area contributed by atoms with Crippen LogP contribution in [-0.2, 0) is 15.6 Å². The molecule has 0 rings (SSSR count). The molecule has 0 saturated carbocycles. The van der Waals surface area contributed by atoms with E-state index in [1.54, 1.807) is 0 Å². The van der Waals surface area contributed by atoms with Gasteiger partial charge in [-0.1, -0.05) is 20.8 Å². The lowest BCUT2D eigenvalue weighted by Crippen LogP contribution is -2.31. The largest absolute Gasteiger partial charge is 0.355 e. The molecule has 0 aliphatic carbocycles. The lowest BCUT2D eigenvalue weighted by atomic mass is 10.2. The molecule has 0 aliphatic heterocycles. The first kappa shape index (κ1) is 11.6. The SMILES string of the molecule is CCS(=O)CCNC(=O)C(C)C. The molecule has 0 spiro atoms. The average Bonchev–Trinajstić information content (AvgIpc) is 2.03. The zero-order valence-corrected chi connectivity index (χ0v) is 8.74. The molecule has 0 bridgehead atoms. The van der Waals surface area contributed by atoms with Gasteiger partial charge in [0, 0.05) is 34.8 Å². The summed E-state index contributed by atoms with van der Waals surface area (Å²) < 4.78 is 10.9. The third kappa shape index (κ3) is 5.29. The Balaban J connectivity index is 3.44. The van der Waals surface area contributed by atoms with Crippen LogP contribution in [-0.4, -0.2) is 28.2 Å². The maximum absolute atomic E-state index is 11.0. The van der Waals surface area contributed by atoms with E-state index < -0.39 is 10.8 Å². The van der Waals surface area contributed by atoms with E-state index in [4.69, 9.17) is 0 Å². The number of rotatable bonds is 5. The van der Waals surface area contributed by atoms with Gasteiger partial charge in [-0.15, -0.1) is 0 Å². The highest BCUT2D eigenvalue weighted by atomic mass is 32.2. The quantitative estimate of drug-likeness (QED) is 0.689. The van der Waals surface area contributed by atoms with Crippen LogP contribution in [0.1, 0.15) is 20.8 Å². The van der Waals surface area contributed by atoms with E-state index in [0.29, 0.717) is 18.1 Å². The molecule has 72 valence electrons. The van der Waals surface area contributed by atoms with Gasteiger partial charge in [0.25, 0.3) is 0 Å². The van der Waals surface area contributed by atoms with Crippen molar-refractivity contribution in [1.82, 2.24) is 5.32 Å². The van der Waals surface area contributed by atoms with Crippen LogP contribution in [0.15, 0.2) is 0 Å². The Kier molecular flexibility index (Phi) is 5.98. The van der Waals surface area contributed by atoms with Gasteiger partial charge >= 0.3 is 0 Å². The van der Waals surface area contributed by atoms with Gasteiger partial charge in [0.05, 0.1) is 0 Å². The predicted molar refractivity (Wildman–Crippen MR) is 51.4 cm³/mol. The Labute approximate surface area is 76.4 Å². The van der Waals surface area contributed by atoms with Crippen LogP contribution in [0.3, 0.4) is 0 Å². The molecule has 3 nitrogen and oxygen atoms in total. The minimum Gasteiger partial charge on any atom is -0.355 e. The van der Waals surface area contributed by atoms with E-state index in [0.717, 1.165) is 0 Å². The summed E-state index contributed by atoms with van der Waals surface area (Å²) in [6.45, 7) is 6.08. The molecule has 0 aliphatic rings. The van der Waals surface area contributed by atoms with Crippen LogP contribution in [0.5, 0.6) is 0 Å². The topological polar surface area (TPSA) is 46.2 Å². The molecular weight excluding hydrogens is 174 g/mol. The fourth-order valence-corrected chi connectivity index (χ4v) is 1.25. The van der Waals surface area contributed by atoms with E-state index in [9.17, 15) is 9.00 Å². The van der Waals surface area contributed by atoms with Gasteiger partial charge in [0.2, 0.25) is 5.91 Å². The third-order valence-electron chi connectivity index (χ3n) is 1.48. The highest BCUT2D eigenvalue weighted by Crippen LogP contribution is 1.89. The normalized spacial score (nSPS) is 13.0. The summed E-state index contributed by atoms with van der Waals surface area (Å²) in [4.78, 5) is 11.0. The number of carbonyl (C=O) groups is 1. The average molecular weight is 191 g/mol. The monoisotopic (exact) mass is 191 g/mol. The van der Waals surface area contributed by atoms with Crippen molar-refractivity contribution in [2.75, 3.05) is 18.1 Å². The highest BCUT2D eigenvalue weighted by Gasteiger charge is 2.05. The lowest BCUT2D eigenvalue weighted by molar-refractivity contribution is -0.123. The van der Waals surface area contributed by atoms with Gasteiger partial charge in [-0.3, -0.25) is 9.00 Å². The minimum atomic E-state index is -0.771. The number of amides is 1. The maximum Gasteiger partial charge on any atom is 0.222 e. The van der Waals surface area contributed by atoms with Crippen molar-refractivity contribution < 1.29 is 9.00 Å². The molecule has 0 saturated heterocycles. The van der Waals surface area contributed by atoms with E-state index in [2.05, 4.69) is 5.32 Å². The third-order valence-corrected chi connectivity index (χ3v) is 2.78. The van der Waals surface area contributed by atoms with Crippen LogP contribution in [0, 0.1) is 5.92 Å². The van der Waals surface area contributed by atoms with E-state index in [1.807, 2.05) is 20.8 Å². The van der Waals surface area contributed by atoms with Gasteiger partial charge in [-0.05, 0) is 0 Å². The molecule has 1 atom stereocenters. The molecule has 0 aromatic heterocycles. The van der Waals surface area contributed by atoms with Crippen molar-refractivity contribution in [3.05, 3.63) is 0 Å². The van der Waals surface area contributed by atoms with Crippen molar-refractivity contribution in [2.24, 2.45) is 5.92 Å². The van der Waals surface area contributed by atoms with Crippen LogP contribution in [0.25, 0.3) is 0 Å². The van der Waals surface area contributed by atoms with Crippen molar-refractivity contribution in [2.45, 2.75) is 20.8 Å². The Morgan fingerprint density at radius 3 is 2.50 bits per heavy atom. The van der Waals surface area contributed by atoms with E-state index >= 15 is 0 Å². The summed E-state index contributed by atoms with van der Waals surface area (Å²) in [5.74, 6) is 1.27. The van der Waals surface area contributed by atoms with E-state index in [1.165, 1.54) is 0 Å². The summed E-state index contributed by atoms with van der Waals surface area (Å²) in [7, 11) is -0.771. The molecule has 1 unspecified atom stereocenters. The van der Waals surface area contributed by atoms with Crippen LogP contribution in [0.2, 0.25) is 0 Å². The Morgan fingerprint density at radius 1 is 1.50 bits per heavy atom. The second-order valence-corrected chi connectivity index (χ2v) is 4.74. The van der Waals surface area contributed by atoms with Gasteiger partial charge in [0.1, 0.15) is 0 Å². The fraction of sp³-hybridized carbons (Fsp3) is 0.875. The Bertz CT molecular complexity index is 168. The van der Waals surface area contributed by atoms with Gasteiger partial charge < -0.3 is 5.32 Å². The summed E-state index contributed by atoms with van der Waals surface area (Å²) in [5.41, 5.74) is 0. The van der Waals surface area contributed by atoms with Crippen LogP contribution >= 0.6 is 0 Å². The summed E-state index contributed by atoms with van der Waals surface area (Å²) >= 11 is 0. The molecule has 4 heteroatoms. The molecule has 0 aromatic rings. The fourth-order valence-electron chi connectivity index (χ4n) is 0.637. The Hall–Kier alpha value is -0.380. The zero-order chi connectivity index (χ0) is 9.56. The standard InChI is InChI=1S/C8H17NO2S/c1-4-12(11)6-5-9-8(10)7(2)3/h7H,4-6H2,1-3H3,(H,9,10). The molecule has 1 amide bonds. The van der Waals surface area contributed by atoms with Gasteiger partial charge in [0.15, 0.2) is 0 Å². The summed E-state index contributed by atoms with van der Waals surface area (Å²) in [5, 5.41) is 2.72. The van der Waals surface area contributed by atoms with Crippen LogP contribution in [0.4, 0.5) is 0 Å². The molecule has 0 fully saturated rings. The number of hydrogen-bond donors (Lipinski definition) is 1. The molecule has 0 heterocycles. The zero-order valence-electron chi connectivity index (χ0n) is 7.92. The molecule has 0 radical (unpaired) electrons. The Morgan fingerprint density at radius 2 is 2.08 bits per heavy atom. The number of nitrogens with one attached hydrogen (secondary N) is 1.